The van der Waals surface area contributed by atoms with Crippen molar-refractivity contribution < 1.29 is 9.53 Å². The molecule has 0 amide bonds. The molecule has 5 nitrogen and oxygen atoms in total. The lowest BCUT2D eigenvalue weighted by molar-refractivity contribution is 0.0490. The first-order chi connectivity index (χ1) is 7.25. The van der Waals surface area contributed by atoms with E-state index in [0.29, 0.717) is 12.3 Å². The Bertz CT molecular complexity index is 309. The van der Waals surface area contributed by atoms with Gasteiger partial charge in [-0.3, -0.25) is 5.10 Å². The Labute approximate surface area is 89.2 Å². The van der Waals surface area contributed by atoms with Crippen LogP contribution < -0.4 is 0 Å². The quantitative estimate of drug-likeness (QED) is 0.576. The van der Waals surface area contributed by atoms with Gasteiger partial charge in [-0.05, 0) is 13.3 Å². The number of carbonyl (C=O) groups excluding carboxylic acids is 1. The third kappa shape index (κ3) is 3.69. The SMILES string of the molecule is CCCCCCOC(=O)c1nn[nH]c1C. The first-order valence-electron chi connectivity index (χ1n) is 5.30. The van der Waals surface area contributed by atoms with Crippen molar-refractivity contribution in [1.29, 1.82) is 0 Å². The van der Waals surface area contributed by atoms with Gasteiger partial charge in [0.1, 0.15) is 0 Å². The van der Waals surface area contributed by atoms with Gasteiger partial charge in [-0.15, -0.1) is 5.10 Å². The van der Waals surface area contributed by atoms with Crippen molar-refractivity contribution in [2.45, 2.75) is 39.5 Å². The number of ether oxygens (including phenoxy) is 1. The first-order valence-corrected chi connectivity index (χ1v) is 5.30. The highest BCUT2D eigenvalue weighted by Crippen LogP contribution is 2.03. The Hall–Kier alpha value is -1.39. The standard InChI is InChI=1S/C10H17N3O2/c1-3-4-5-6-7-15-10(14)9-8(2)11-13-12-9/h3-7H2,1-2H3,(H,11,12,13). The van der Waals surface area contributed by atoms with Crippen LogP contribution in [-0.4, -0.2) is 28.0 Å². The molecule has 15 heavy (non-hydrogen) atoms. The highest BCUT2D eigenvalue weighted by Gasteiger charge is 2.13. The Balaban J connectivity index is 2.22. The monoisotopic (exact) mass is 211 g/mol. The number of carbonyl (C=O) groups is 1. The lowest BCUT2D eigenvalue weighted by Crippen LogP contribution is -2.08. The van der Waals surface area contributed by atoms with E-state index < -0.39 is 5.97 Å². The predicted molar refractivity (Wildman–Crippen MR) is 55.5 cm³/mol. The molecule has 1 aromatic heterocycles. The second-order valence-corrected chi connectivity index (χ2v) is 3.48. The van der Waals surface area contributed by atoms with E-state index in [2.05, 4.69) is 22.3 Å². The molecule has 1 rings (SSSR count). The number of H-pyrrole nitrogens is 1. The number of aromatic nitrogens is 3. The Kier molecular flexibility index (Phi) is 4.80. The number of esters is 1. The van der Waals surface area contributed by atoms with Crippen LogP contribution in [0.4, 0.5) is 0 Å². The molecule has 0 fully saturated rings. The Morgan fingerprint density at radius 1 is 1.40 bits per heavy atom. The summed E-state index contributed by atoms with van der Waals surface area (Å²) < 4.78 is 5.05. The largest absolute Gasteiger partial charge is 0.461 e. The molecule has 1 aromatic rings. The highest BCUT2D eigenvalue weighted by molar-refractivity contribution is 5.88. The summed E-state index contributed by atoms with van der Waals surface area (Å²) in [6.07, 6.45) is 4.37. The van der Waals surface area contributed by atoms with Crippen molar-refractivity contribution in [3.8, 4) is 0 Å². The van der Waals surface area contributed by atoms with Crippen LogP contribution in [0.1, 0.15) is 48.8 Å². The van der Waals surface area contributed by atoms with Crippen molar-refractivity contribution in [3.63, 3.8) is 0 Å². The second-order valence-electron chi connectivity index (χ2n) is 3.48. The summed E-state index contributed by atoms with van der Waals surface area (Å²) in [4.78, 5) is 11.4. The van der Waals surface area contributed by atoms with Gasteiger partial charge in [-0.2, -0.15) is 0 Å². The number of hydrogen-bond donors (Lipinski definition) is 1. The predicted octanol–water partition coefficient (Wildman–Crippen LogP) is 1.85. The molecule has 0 unspecified atom stereocenters. The van der Waals surface area contributed by atoms with Gasteiger partial charge in [0.15, 0.2) is 5.69 Å². The van der Waals surface area contributed by atoms with Gasteiger partial charge >= 0.3 is 5.97 Å². The molecule has 0 aliphatic heterocycles. The Morgan fingerprint density at radius 3 is 2.80 bits per heavy atom. The number of unbranched alkanes of at least 4 members (excludes halogenated alkanes) is 3. The van der Waals surface area contributed by atoms with Gasteiger partial charge < -0.3 is 4.74 Å². The van der Waals surface area contributed by atoms with Gasteiger partial charge in [0, 0.05) is 0 Å². The molecule has 0 bridgehead atoms. The van der Waals surface area contributed by atoms with Crippen LogP contribution in [-0.2, 0) is 4.74 Å². The minimum Gasteiger partial charge on any atom is -0.461 e. The van der Waals surface area contributed by atoms with Crippen LogP contribution in [0.15, 0.2) is 0 Å². The zero-order valence-corrected chi connectivity index (χ0v) is 9.25. The van der Waals surface area contributed by atoms with Gasteiger partial charge in [0.25, 0.3) is 0 Å². The molecule has 0 aliphatic carbocycles. The summed E-state index contributed by atoms with van der Waals surface area (Å²) in [7, 11) is 0. The van der Waals surface area contributed by atoms with Crippen molar-refractivity contribution in [3.05, 3.63) is 11.4 Å². The summed E-state index contributed by atoms with van der Waals surface area (Å²) in [5.41, 5.74) is 0.930. The summed E-state index contributed by atoms with van der Waals surface area (Å²) in [5, 5.41) is 9.77. The minimum absolute atomic E-state index is 0.283. The van der Waals surface area contributed by atoms with Gasteiger partial charge in [0.2, 0.25) is 0 Å². The fourth-order valence-corrected chi connectivity index (χ4v) is 1.23. The fraction of sp³-hybridized carbons (Fsp3) is 0.700. The van der Waals surface area contributed by atoms with Crippen LogP contribution in [0.25, 0.3) is 0 Å². The van der Waals surface area contributed by atoms with Crippen molar-refractivity contribution in [1.82, 2.24) is 15.4 Å². The van der Waals surface area contributed by atoms with Gasteiger partial charge in [-0.25, -0.2) is 4.79 Å². The van der Waals surface area contributed by atoms with E-state index in [0.717, 1.165) is 12.8 Å². The molecule has 0 atom stereocenters. The third-order valence-electron chi connectivity index (χ3n) is 2.15. The molecule has 0 aliphatic rings. The van der Waals surface area contributed by atoms with E-state index >= 15 is 0 Å². The highest BCUT2D eigenvalue weighted by atomic mass is 16.5. The van der Waals surface area contributed by atoms with E-state index in [1.54, 1.807) is 6.92 Å². The maximum absolute atomic E-state index is 11.4. The third-order valence-corrected chi connectivity index (χ3v) is 2.15. The average Bonchev–Trinajstić information content (AvgIpc) is 2.64. The van der Waals surface area contributed by atoms with Crippen molar-refractivity contribution in [2.24, 2.45) is 0 Å². The molecule has 0 saturated carbocycles. The number of aromatic amines is 1. The average molecular weight is 211 g/mol. The lowest BCUT2D eigenvalue weighted by Gasteiger charge is -2.02. The molecule has 0 aromatic carbocycles. The zero-order valence-electron chi connectivity index (χ0n) is 9.25. The molecule has 1 N–H and O–H groups in total. The van der Waals surface area contributed by atoms with Crippen LogP contribution in [0.5, 0.6) is 0 Å². The number of rotatable bonds is 6. The maximum atomic E-state index is 11.4. The smallest absolute Gasteiger partial charge is 0.360 e. The summed E-state index contributed by atoms with van der Waals surface area (Å²) >= 11 is 0. The van der Waals surface area contributed by atoms with Crippen LogP contribution in [0.2, 0.25) is 0 Å². The summed E-state index contributed by atoms with van der Waals surface area (Å²) in [6, 6.07) is 0. The zero-order chi connectivity index (χ0) is 11.1. The van der Waals surface area contributed by atoms with E-state index in [1.807, 2.05) is 0 Å². The number of nitrogens with zero attached hydrogens (tertiary/aromatic N) is 2. The summed E-state index contributed by atoms with van der Waals surface area (Å²) in [5.74, 6) is -0.391. The van der Waals surface area contributed by atoms with Crippen LogP contribution in [0.3, 0.4) is 0 Å². The molecule has 84 valence electrons. The van der Waals surface area contributed by atoms with E-state index in [1.165, 1.54) is 12.8 Å². The van der Waals surface area contributed by atoms with Crippen LogP contribution >= 0.6 is 0 Å². The molecule has 5 heteroatoms. The van der Waals surface area contributed by atoms with Crippen molar-refractivity contribution in [2.75, 3.05) is 6.61 Å². The topological polar surface area (TPSA) is 67.9 Å². The molecule has 1 heterocycles. The lowest BCUT2D eigenvalue weighted by atomic mass is 10.2. The number of aryl methyl sites for hydroxylation is 1. The van der Waals surface area contributed by atoms with E-state index in [9.17, 15) is 4.79 Å². The number of nitrogens with one attached hydrogen (secondary N) is 1. The van der Waals surface area contributed by atoms with Crippen LogP contribution in [0, 0.1) is 6.92 Å². The second kappa shape index (κ2) is 6.16. The van der Waals surface area contributed by atoms with Crippen molar-refractivity contribution >= 4 is 5.97 Å². The van der Waals surface area contributed by atoms with E-state index in [4.69, 9.17) is 4.74 Å². The molecule has 0 saturated heterocycles. The first kappa shape index (κ1) is 11.7. The molecule has 0 spiro atoms. The molecular formula is C10H17N3O2. The molecular weight excluding hydrogens is 194 g/mol. The maximum Gasteiger partial charge on any atom is 0.360 e. The van der Waals surface area contributed by atoms with Gasteiger partial charge in [-0.1, -0.05) is 31.4 Å². The van der Waals surface area contributed by atoms with Gasteiger partial charge in [0.05, 0.1) is 12.3 Å². The number of hydrogen-bond acceptors (Lipinski definition) is 4. The molecule has 0 radical (unpaired) electrons. The van der Waals surface area contributed by atoms with E-state index in [-0.39, 0.29) is 5.69 Å². The normalized spacial score (nSPS) is 10.3. The minimum atomic E-state index is -0.391. The fourth-order valence-electron chi connectivity index (χ4n) is 1.23. The summed E-state index contributed by atoms with van der Waals surface area (Å²) in [6.45, 7) is 4.35. The Morgan fingerprint density at radius 2 is 2.20 bits per heavy atom.